The Kier molecular flexibility index (Phi) is 3.62. The van der Waals surface area contributed by atoms with Crippen molar-refractivity contribution in [2.45, 2.75) is 26.2 Å². The minimum absolute atomic E-state index is 0.305. The molecule has 88 valence electrons. The molecule has 1 aromatic rings. The van der Waals surface area contributed by atoms with Gasteiger partial charge in [0.05, 0.1) is 0 Å². The van der Waals surface area contributed by atoms with Gasteiger partial charge in [0, 0.05) is 19.1 Å². The lowest BCUT2D eigenvalue weighted by Gasteiger charge is -2.32. The van der Waals surface area contributed by atoms with E-state index in [1.807, 2.05) is 0 Å². The first-order valence-electron chi connectivity index (χ1n) is 6.11. The van der Waals surface area contributed by atoms with Crippen molar-refractivity contribution in [1.82, 2.24) is 5.32 Å². The van der Waals surface area contributed by atoms with Crippen LogP contribution in [0, 0.1) is 19.8 Å². The lowest BCUT2D eigenvalue weighted by atomic mass is 9.80. The maximum absolute atomic E-state index is 9.46. The molecule has 2 unspecified atom stereocenters. The normalized spacial score (nSPS) is 25.7. The van der Waals surface area contributed by atoms with Gasteiger partial charge in [0.25, 0.3) is 0 Å². The number of aliphatic hydroxyl groups excluding tert-OH is 1. The third-order valence-corrected chi connectivity index (χ3v) is 3.69. The molecule has 1 aliphatic rings. The fourth-order valence-electron chi connectivity index (χ4n) is 2.65. The summed E-state index contributed by atoms with van der Waals surface area (Å²) in [5, 5.41) is 12.9. The van der Waals surface area contributed by atoms with Crippen LogP contribution >= 0.6 is 0 Å². The van der Waals surface area contributed by atoms with Gasteiger partial charge in [-0.25, -0.2) is 0 Å². The molecule has 0 saturated carbocycles. The molecular formula is C14H21NO. The van der Waals surface area contributed by atoms with Crippen LogP contribution in [0.4, 0.5) is 0 Å². The quantitative estimate of drug-likeness (QED) is 0.797. The monoisotopic (exact) mass is 219 g/mol. The third-order valence-electron chi connectivity index (χ3n) is 3.69. The molecule has 0 amide bonds. The molecular weight excluding hydrogens is 198 g/mol. The van der Waals surface area contributed by atoms with Crippen molar-refractivity contribution < 1.29 is 5.11 Å². The maximum Gasteiger partial charge on any atom is 0.0466 e. The highest BCUT2D eigenvalue weighted by atomic mass is 16.3. The first-order valence-corrected chi connectivity index (χ1v) is 6.11. The Morgan fingerprint density at radius 1 is 1.38 bits per heavy atom. The smallest absolute Gasteiger partial charge is 0.0466 e. The largest absolute Gasteiger partial charge is 0.396 e. The second-order valence-electron chi connectivity index (χ2n) is 4.90. The van der Waals surface area contributed by atoms with Crippen LogP contribution < -0.4 is 5.32 Å². The average molecular weight is 219 g/mol. The zero-order valence-electron chi connectivity index (χ0n) is 10.2. The fourth-order valence-corrected chi connectivity index (χ4v) is 2.65. The molecule has 16 heavy (non-hydrogen) atoms. The molecule has 2 nitrogen and oxygen atoms in total. The number of piperidine rings is 1. The molecule has 2 heteroatoms. The van der Waals surface area contributed by atoms with E-state index in [2.05, 4.69) is 37.4 Å². The zero-order valence-corrected chi connectivity index (χ0v) is 10.2. The summed E-state index contributed by atoms with van der Waals surface area (Å²) in [6.07, 6.45) is 1.08. The average Bonchev–Trinajstić information content (AvgIpc) is 2.32. The predicted molar refractivity (Wildman–Crippen MR) is 66.7 cm³/mol. The van der Waals surface area contributed by atoms with Crippen molar-refractivity contribution in [3.63, 3.8) is 0 Å². The van der Waals surface area contributed by atoms with Gasteiger partial charge in [-0.1, -0.05) is 23.8 Å². The van der Waals surface area contributed by atoms with Crippen LogP contribution in [0.1, 0.15) is 29.0 Å². The van der Waals surface area contributed by atoms with Crippen molar-refractivity contribution in [1.29, 1.82) is 0 Å². The van der Waals surface area contributed by atoms with Gasteiger partial charge in [-0.3, -0.25) is 0 Å². The molecule has 1 aromatic carbocycles. The first-order chi connectivity index (χ1) is 7.72. The van der Waals surface area contributed by atoms with E-state index in [0.29, 0.717) is 18.4 Å². The van der Waals surface area contributed by atoms with E-state index in [-0.39, 0.29) is 0 Å². The molecule has 1 aliphatic heterocycles. The van der Waals surface area contributed by atoms with Gasteiger partial charge in [0.1, 0.15) is 0 Å². The number of nitrogens with one attached hydrogen (secondary N) is 1. The van der Waals surface area contributed by atoms with Gasteiger partial charge in [-0.15, -0.1) is 0 Å². The molecule has 0 radical (unpaired) electrons. The number of hydrogen-bond acceptors (Lipinski definition) is 2. The molecule has 0 aromatic heterocycles. The van der Waals surface area contributed by atoms with Crippen molar-refractivity contribution in [3.05, 3.63) is 34.9 Å². The van der Waals surface area contributed by atoms with Gasteiger partial charge >= 0.3 is 0 Å². The van der Waals surface area contributed by atoms with Crippen molar-refractivity contribution in [3.8, 4) is 0 Å². The van der Waals surface area contributed by atoms with Crippen LogP contribution in [-0.2, 0) is 0 Å². The topological polar surface area (TPSA) is 32.3 Å². The van der Waals surface area contributed by atoms with Crippen LogP contribution in [0.25, 0.3) is 0 Å². The minimum atomic E-state index is 0.305. The Balaban J connectivity index is 2.30. The van der Waals surface area contributed by atoms with Gasteiger partial charge in [-0.05, 0) is 43.9 Å². The molecule has 1 fully saturated rings. The van der Waals surface area contributed by atoms with E-state index in [1.165, 1.54) is 16.7 Å². The van der Waals surface area contributed by atoms with E-state index >= 15 is 0 Å². The predicted octanol–water partition coefficient (Wildman–Crippen LogP) is 1.99. The van der Waals surface area contributed by atoms with E-state index in [1.54, 1.807) is 0 Å². The van der Waals surface area contributed by atoms with E-state index in [0.717, 1.165) is 19.5 Å². The number of benzene rings is 1. The van der Waals surface area contributed by atoms with Crippen molar-refractivity contribution >= 4 is 0 Å². The third kappa shape index (κ3) is 2.28. The molecule has 0 bridgehead atoms. The number of hydrogen-bond donors (Lipinski definition) is 2. The lowest BCUT2D eigenvalue weighted by molar-refractivity contribution is 0.176. The Morgan fingerprint density at radius 3 is 2.94 bits per heavy atom. The van der Waals surface area contributed by atoms with Gasteiger partial charge in [0.2, 0.25) is 0 Å². The van der Waals surface area contributed by atoms with Gasteiger partial charge in [0.15, 0.2) is 0 Å². The maximum atomic E-state index is 9.46. The molecule has 2 atom stereocenters. The summed E-state index contributed by atoms with van der Waals surface area (Å²) in [6, 6.07) is 6.62. The minimum Gasteiger partial charge on any atom is -0.396 e. The highest BCUT2D eigenvalue weighted by Crippen LogP contribution is 2.31. The molecule has 2 N–H and O–H groups in total. The Bertz CT molecular complexity index is 362. The summed E-state index contributed by atoms with van der Waals surface area (Å²) in [6.45, 7) is 6.63. The fraction of sp³-hybridized carbons (Fsp3) is 0.571. The highest BCUT2D eigenvalue weighted by Gasteiger charge is 2.26. The SMILES string of the molecule is Cc1ccc(C)c(C2CNCCC2CO)c1. The molecule has 1 heterocycles. The summed E-state index contributed by atoms with van der Waals surface area (Å²) < 4.78 is 0. The summed E-state index contributed by atoms with van der Waals surface area (Å²) in [7, 11) is 0. The van der Waals surface area contributed by atoms with Crippen LogP contribution in [0.15, 0.2) is 18.2 Å². The first kappa shape index (κ1) is 11.6. The second kappa shape index (κ2) is 4.98. The summed E-state index contributed by atoms with van der Waals surface area (Å²) in [5.74, 6) is 0.889. The van der Waals surface area contributed by atoms with Gasteiger partial charge < -0.3 is 10.4 Å². The zero-order chi connectivity index (χ0) is 11.5. The Labute approximate surface area is 97.7 Å². The van der Waals surface area contributed by atoms with E-state index in [4.69, 9.17) is 0 Å². The van der Waals surface area contributed by atoms with E-state index < -0.39 is 0 Å². The summed E-state index contributed by atoms with van der Waals surface area (Å²) >= 11 is 0. The molecule has 0 aliphatic carbocycles. The summed E-state index contributed by atoms with van der Waals surface area (Å²) in [5.41, 5.74) is 4.06. The van der Waals surface area contributed by atoms with E-state index in [9.17, 15) is 5.11 Å². The number of aryl methyl sites for hydroxylation is 2. The molecule has 0 spiro atoms. The van der Waals surface area contributed by atoms with Crippen molar-refractivity contribution in [2.24, 2.45) is 5.92 Å². The second-order valence-corrected chi connectivity index (χ2v) is 4.90. The standard InChI is InChI=1S/C14H21NO/c1-10-3-4-11(2)13(7-10)14-8-15-6-5-12(14)9-16/h3-4,7,12,14-16H,5-6,8-9H2,1-2H3. The van der Waals surface area contributed by atoms with Gasteiger partial charge in [-0.2, -0.15) is 0 Å². The number of aliphatic hydroxyl groups is 1. The Hall–Kier alpha value is -0.860. The molecule has 1 saturated heterocycles. The Morgan fingerprint density at radius 2 is 2.19 bits per heavy atom. The van der Waals surface area contributed by atoms with Crippen LogP contribution in [0.5, 0.6) is 0 Å². The van der Waals surface area contributed by atoms with Crippen LogP contribution in [0.2, 0.25) is 0 Å². The number of rotatable bonds is 2. The van der Waals surface area contributed by atoms with Crippen molar-refractivity contribution in [2.75, 3.05) is 19.7 Å². The summed E-state index contributed by atoms with van der Waals surface area (Å²) in [4.78, 5) is 0. The highest BCUT2D eigenvalue weighted by molar-refractivity contribution is 5.34. The lowest BCUT2D eigenvalue weighted by Crippen LogP contribution is -2.37. The molecule has 2 rings (SSSR count). The van der Waals surface area contributed by atoms with Crippen LogP contribution in [0.3, 0.4) is 0 Å². The van der Waals surface area contributed by atoms with Crippen LogP contribution in [-0.4, -0.2) is 24.8 Å².